The van der Waals surface area contributed by atoms with Crippen LogP contribution in [0.2, 0.25) is 5.02 Å². The molecule has 0 atom stereocenters. The van der Waals surface area contributed by atoms with Crippen LogP contribution in [0.15, 0.2) is 42.7 Å². The highest BCUT2D eigenvalue weighted by Gasteiger charge is 2.22. The number of carbonyl (C=O) groups excluding carboxylic acids is 1. The first-order chi connectivity index (χ1) is 11.1. The van der Waals surface area contributed by atoms with Gasteiger partial charge in [0.25, 0.3) is 0 Å². The number of piperazine rings is 1. The number of hydrogen-bond donors (Lipinski definition) is 0. The number of anilines is 1. The molecule has 0 saturated carbocycles. The largest absolute Gasteiger partial charge is 0.367 e. The molecule has 1 fully saturated rings. The van der Waals surface area contributed by atoms with E-state index in [0.29, 0.717) is 37.6 Å². The van der Waals surface area contributed by atoms with Crippen LogP contribution in [0.25, 0.3) is 0 Å². The van der Waals surface area contributed by atoms with Gasteiger partial charge in [-0.2, -0.15) is 0 Å². The molecule has 120 valence electrons. The molecule has 0 radical (unpaired) electrons. The van der Waals surface area contributed by atoms with Crippen LogP contribution in [0.1, 0.15) is 5.56 Å². The normalized spacial score (nSPS) is 14.9. The van der Waals surface area contributed by atoms with Crippen molar-refractivity contribution in [1.29, 1.82) is 0 Å². The fraction of sp³-hybridized carbons (Fsp3) is 0.294. The highest BCUT2D eigenvalue weighted by atomic mass is 35.5. The fourth-order valence-electron chi connectivity index (χ4n) is 2.72. The quantitative estimate of drug-likeness (QED) is 0.866. The summed E-state index contributed by atoms with van der Waals surface area (Å²) in [7, 11) is 0. The number of carbonyl (C=O) groups is 1. The molecule has 1 aliphatic heterocycles. The highest BCUT2D eigenvalue weighted by molar-refractivity contribution is 6.33. The summed E-state index contributed by atoms with van der Waals surface area (Å²) >= 11 is 6.10. The van der Waals surface area contributed by atoms with Crippen molar-refractivity contribution in [2.75, 3.05) is 31.1 Å². The second-order valence-corrected chi connectivity index (χ2v) is 5.91. The van der Waals surface area contributed by atoms with E-state index in [2.05, 4.69) is 9.88 Å². The number of amides is 1. The topological polar surface area (TPSA) is 36.4 Å². The lowest BCUT2D eigenvalue weighted by molar-refractivity contribution is -0.130. The van der Waals surface area contributed by atoms with Crippen LogP contribution in [0.4, 0.5) is 10.1 Å². The second-order valence-electron chi connectivity index (χ2n) is 5.50. The third-order valence-electron chi connectivity index (χ3n) is 3.96. The van der Waals surface area contributed by atoms with Gasteiger partial charge in [0.2, 0.25) is 5.91 Å². The zero-order valence-corrected chi connectivity index (χ0v) is 13.3. The number of halogens is 2. The predicted molar refractivity (Wildman–Crippen MR) is 88.1 cm³/mol. The minimum Gasteiger partial charge on any atom is -0.367 e. The van der Waals surface area contributed by atoms with Crippen molar-refractivity contribution in [1.82, 2.24) is 9.88 Å². The van der Waals surface area contributed by atoms with E-state index in [0.717, 1.165) is 11.3 Å². The summed E-state index contributed by atoms with van der Waals surface area (Å²) in [5, 5.41) is 0.403. The van der Waals surface area contributed by atoms with Crippen LogP contribution in [0.3, 0.4) is 0 Å². The smallest absolute Gasteiger partial charge is 0.227 e. The Morgan fingerprint density at radius 3 is 2.65 bits per heavy atom. The molecule has 4 nitrogen and oxygen atoms in total. The van der Waals surface area contributed by atoms with Gasteiger partial charge in [0.05, 0.1) is 17.1 Å². The number of aromatic nitrogens is 1. The van der Waals surface area contributed by atoms with Gasteiger partial charge >= 0.3 is 0 Å². The molecule has 1 aromatic carbocycles. The van der Waals surface area contributed by atoms with E-state index in [1.54, 1.807) is 18.5 Å². The summed E-state index contributed by atoms with van der Waals surface area (Å²) in [5.74, 6) is -0.244. The van der Waals surface area contributed by atoms with Gasteiger partial charge in [0, 0.05) is 38.6 Å². The highest BCUT2D eigenvalue weighted by Crippen LogP contribution is 2.27. The van der Waals surface area contributed by atoms with E-state index < -0.39 is 0 Å². The van der Waals surface area contributed by atoms with Crippen LogP contribution in [0.5, 0.6) is 0 Å². The molecule has 3 rings (SSSR count). The Balaban J connectivity index is 1.59. The number of benzene rings is 1. The number of hydrogen-bond acceptors (Lipinski definition) is 3. The zero-order chi connectivity index (χ0) is 16.2. The fourth-order valence-corrected chi connectivity index (χ4v) is 3.01. The van der Waals surface area contributed by atoms with Crippen LogP contribution in [0, 0.1) is 5.82 Å². The Morgan fingerprint density at radius 1 is 1.22 bits per heavy atom. The minimum atomic E-state index is -0.343. The van der Waals surface area contributed by atoms with E-state index in [-0.39, 0.29) is 11.7 Å². The second kappa shape index (κ2) is 6.96. The molecular formula is C17H17ClFN3O. The van der Waals surface area contributed by atoms with E-state index in [1.807, 2.05) is 17.0 Å². The molecule has 2 heterocycles. The molecule has 1 saturated heterocycles. The Hall–Kier alpha value is -2.14. The lowest BCUT2D eigenvalue weighted by Gasteiger charge is -2.36. The molecule has 1 amide bonds. The van der Waals surface area contributed by atoms with Gasteiger partial charge in [-0.1, -0.05) is 17.7 Å². The molecule has 1 aliphatic rings. The van der Waals surface area contributed by atoms with Gasteiger partial charge in [-0.05, 0) is 29.8 Å². The van der Waals surface area contributed by atoms with E-state index in [1.165, 1.54) is 12.1 Å². The lowest BCUT2D eigenvalue weighted by Crippen LogP contribution is -2.49. The van der Waals surface area contributed by atoms with Crippen molar-refractivity contribution < 1.29 is 9.18 Å². The third kappa shape index (κ3) is 3.79. The maximum atomic E-state index is 13.1. The Kier molecular flexibility index (Phi) is 4.76. The first kappa shape index (κ1) is 15.7. The van der Waals surface area contributed by atoms with Gasteiger partial charge in [0.1, 0.15) is 5.82 Å². The Labute approximate surface area is 139 Å². The molecule has 1 aromatic heterocycles. The molecule has 2 aromatic rings. The number of nitrogens with zero attached hydrogens (tertiary/aromatic N) is 3. The van der Waals surface area contributed by atoms with Crippen molar-refractivity contribution in [3.05, 3.63) is 59.1 Å². The van der Waals surface area contributed by atoms with Crippen molar-refractivity contribution in [2.45, 2.75) is 6.42 Å². The lowest BCUT2D eigenvalue weighted by atomic mass is 10.1. The molecule has 0 N–H and O–H groups in total. The molecule has 6 heteroatoms. The Bertz CT molecular complexity index is 687. The third-order valence-corrected chi connectivity index (χ3v) is 4.26. The summed E-state index contributed by atoms with van der Waals surface area (Å²) in [6, 6.07) is 8.14. The summed E-state index contributed by atoms with van der Waals surface area (Å²) in [4.78, 5) is 20.3. The van der Waals surface area contributed by atoms with Crippen molar-refractivity contribution in [3.8, 4) is 0 Å². The van der Waals surface area contributed by atoms with Crippen LogP contribution in [-0.4, -0.2) is 42.0 Å². The zero-order valence-electron chi connectivity index (χ0n) is 12.6. The van der Waals surface area contributed by atoms with Crippen molar-refractivity contribution in [2.24, 2.45) is 0 Å². The van der Waals surface area contributed by atoms with Gasteiger partial charge in [-0.15, -0.1) is 0 Å². The van der Waals surface area contributed by atoms with Crippen LogP contribution < -0.4 is 4.90 Å². The van der Waals surface area contributed by atoms with Crippen LogP contribution in [-0.2, 0) is 11.2 Å². The SMILES string of the molecule is O=C(Cc1cccnc1)N1CCN(c2ccc(F)cc2Cl)CC1. The number of rotatable bonds is 3. The predicted octanol–water partition coefficient (Wildman–Crippen LogP) is 2.77. The average molecular weight is 334 g/mol. The molecule has 23 heavy (non-hydrogen) atoms. The monoisotopic (exact) mass is 333 g/mol. The minimum absolute atomic E-state index is 0.0999. The van der Waals surface area contributed by atoms with E-state index in [9.17, 15) is 9.18 Å². The van der Waals surface area contributed by atoms with Gasteiger partial charge in [-0.3, -0.25) is 9.78 Å². The maximum Gasteiger partial charge on any atom is 0.227 e. The van der Waals surface area contributed by atoms with Crippen molar-refractivity contribution >= 4 is 23.2 Å². The van der Waals surface area contributed by atoms with Gasteiger partial charge in [0.15, 0.2) is 0 Å². The molecule has 0 spiro atoms. The number of pyridine rings is 1. The van der Waals surface area contributed by atoms with Crippen LogP contribution >= 0.6 is 11.6 Å². The molecule has 0 bridgehead atoms. The summed E-state index contributed by atoms with van der Waals surface area (Å²) in [6.07, 6.45) is 3.77. The molecule has 0 aliphatic carbocycles. The van der Waals surface area contributed by atoms with E-state index in [4.69, 9.17) is 11.6 Å². The standard InChI is InChI=1S/C17H17ClFN3O/c18-15-11-14(19)3-4-16(15)21-6-8-22(9-7-21)17(23)10-13-2-1-5-20-12-13/h1-5,11-12H,6-10H2. The first-order valence-electron chi connectivity index (χ1n) is 7.50. The van der Waals surface area contributed by atoms with Gasteiger partial charge < -0.3 is 9.80 Å². The molecule has 0 unspecified atom stereocenters. The molecular weight excluding hydrogens is 317 g/mol. The summed E-state index contributed by atoms with van der Waals surface area (Å²) in [6.45, 7) is 2.63. The van der Waals surface area contributed by atoms with E-state index >= 15 is 0 Å². The summed E-state index contributed by atoms with van der Waals surface area (Å²) in [5.41, 5.74) is 1.73. The Morgan fingerprint density at radius 2 is 2.00 bits per heavy atom. The average Bonchev–Trinajstić information content (AvgIpc) is 2.56. The van der Waals surface area contributed by atoms with Crippen molar-refractivity contribution in [3.63, 3.8) is 0 Å². The maximum absolute atomic E-state index is 13.1. The first-order valence-corrected chi connectivity index (χ1v) is 7.88. The summed E-state index contributed by atoms with van der Waals surface area (Å²) < 4.78 is 13.1. The van der Waals surface area contributed by atoms with Gasteiger partial charge in [-0.25, -0.2) is 4.39 Å².